The Balaban J connectivity index is 0.000001000. The van der Waals surface area contributed by atoms with E-state index < -0.39 is 0 Å². The predicted molar refractivity (Wildman–Crippen MR) is 48.4 cm³/mol. The molecule has 1 fully saturated rings. The van der Waals surface area contributed by atoms with E-state index in [-0.39, 0.29) is 17.1 Å². The second-order valence-corrected chi connectivity index (χ2v) is 3.43. The zero-order chi connectivity index (χ0) is 7.61. The molecule has 0 unspecified atom stereocenters. The van der Waals surface area contributed by atoms with Gasteiger partial charge in [-0.2, -0.15) is 0 Å². The Labute approximate surface area is 74.6 Å². The average molecular weight is 181 g/mol. The second-order valence-electron chi connectivity index (χ2n) is 3.43. The van der Waals surface area contributed by atoms with Crippen molar-refractivity contribution in [2.75, 3.05) is 33.9 Å². The molecule has 3 nitrogen and oxygen atoms in total. The fourth-order valence-electron chi connectivity index (χ4n) is 1.57. The van der Waals surface area contributed by atoms with E-state index in [1.54, 1.807) is 0 Å². The second kappa shape index (κ2) is 4.26. The fraction of sp³-hybridized carbons (Fsp3) is 1.00. The maximum absolute atomic E-state index is 11.6. The summed E-state index contributed by atoms with van der Waals surface area (Å²) in [5, 5.41) is 11.6. The van der Waals surface area contributed by atoms with Crippen molar-refractivity contribution in [2.45, 2.75) is 12.8 Å². The van der Waals surface area contributed by atoms with Crippen LogP contribution in [0.2, 0.25) is 0 Å². The molecule has 0 atom stereocenters. The predicted octanol–water partition coefficient (Wildman–Crippen LogP) is 1.04. The van der Waals surface area contributed by atoms with Gasteiger partial charge in [-0.15, -0.1) is 12.4 Å². The number of nitrogens with zero attached hydrogens (tertiary/aromatic N) is 2. The van der Waals surface area contributed by atoms with Crippen LogP contribution in [0.4, 0.5) is 0 Å². The molecule has 0 N–H and O–H groups in total. The lowest BCUT2D eigenvalue weighted by Crippen LogP contribution is -2.45. The quantitative estimate of drug-likeness (QED) is 0.469. The van der Waals surface area contributed by atoms with Crippen molar-refractivity contribution in [3.05, 3.63) is 5.21 Å². The van der Waals surface area contributed by atoms with Gasteiger partial charge in [0.05, 0.1) is 13.1 Å². The van der Waals surface area contributed by atoms with Crippen molar-refractivity contribution >= 4 is 12.4 Å². The smallest absolute Gasteiger partial charge is 0.134 e. The summed E-state index contributed by atoms with van der Waals surface area (Å²) in [6.45, 7) is 2.29. The highest BCUT2D eigenvalue weighted by Crippen LogP contribution is 2.16. The zero-order valence-electron chi connectivity index (χ0n) is 7.25. The van der Waals surface area contributed by atoms with Gasteiger partial charge in [-0.25, -0.2) is 0 Å². The summed E-state index contributed by atoms with van der Waals surface area (Å²) in [5.41, 5.74) is 0. The number of likely N-dealkylation sites (tertiary alicyclic amines) is 1. The molecule has 1 rings (SSSR count). The highest BCUT2D eigenvalue weighted by atomic mass is 35.5. The Morgan fingerprint density at radius 2 is 1.73 bits per heavy atom. The fourth-order valence-corrected chi connectivity index (χ4v) is 1.57. The lowest BCUT2D eigenvalue weighted by Gasteiger charge is -2.40. The van der Waals surface area contributed by atoms with Crippen LogP contribution < -0.4 is 0 Å². The Kier molecular flexibility index (Phi) is 4.32. The van der Waals surface area contributed by atoms with Crippen LogP contribution in [0.5, 0.6) is 0 Å². The van der Waals surface area contributed by atoms with E-state index in [9.17, 15) is 5.21 Å². The highest BCUT2D eigenvalue weighted by molar-refractivity contribution is 5.85. The first-order valence-electron chi connectivity index (χ1n) is 3.84. The number of hydrogen-bond acceptors (Lipinski definition) is 2. The number of hydroxylamine groups is 3. The van der Waals surface area contributed by atoms with Crippen molar-refractivity contribution in [1.29, 1.82) is 0 Å². The molecule has 1 aliphatic heterocycles. The lowest BCUT2D eigenvalue weighted by atomic mass is 10.4. The third kappa shape index (κ3) is 3.38. The standard InChI is InChI=1S/C7H16N2O.ClH/c1-8(2)7-9(10)5-3-4-6-9;/h3-7H2,1-2H3;1H. The van der Waals surface area contributed by atoms with Crippen LogP contribution in [-0.4, -0.2) is 43.4 Å². The minimum atomic E-state index is 0. The van der Waals surface area contributed by atoms with Crippen LogP contribution in [0.15, 0.2) is 0 Å². The first-order chi connectivity index (χ1) is 4.62. The van der Waals surface area contributed by atoms with E-state index in [4.69, 9.17) is 0 Å². The number of hydrogen-bond donors (Lipinski definition) is 0. The maximum atomic E-state index is 11.6. The molecule has 0 aromatic heterocycles. The molecule has 0 saturated carbocycles. The van der Waals surface area contributed by atoms with E-state index >= 15 is 0 Å². The van der Waals surface area contributed by atoms with Gasteiger partial charge in [0.15, 0.2) is 0 Å². The van der Waals surface area contributed by atoms with Gasteiger partial charge >= 0.3 is 0 Å². The van der Waals surface area contributed by atoms with Gasteiger partial charge in [0.1, 0.15) is 6.67 Å². The third-order valence-electron chi connectivity index (χ3n) is 1.92. The Morgan fingerprint density at radius 1 is 1.27 bits per heavy atom. The first kappa shape index (κ1) is 11.2. The van der Waals surface area contributed by atoms with E-state index in [2.05, 4.69) is 0 Å². The van der Waals surface area contributed by atoms with E-state index in [1.165, 1.54) is 0 Å². The first-order valence-corrected chi connectivity index (χ1v) is 3.84. The number of rotatable bonds is 2. The summed E-state index contributed by atoms with van der Waals surface area (Å²) in [7, 11) is 3.91. The molecule has 1 saturated heterocycles. The molecule has 0 radical (unpaired) electrons. The Bertz CT molecular complexity index is 113. The van der Waals surface area contributed by atoms with Crippen molar-refractivity contribution in [2.24, 2.45) is 0 Å². The van der Waals surface area contributed by atoms with Gasteiger partial charge < -0.3 is 9.85 Å². The molecule has 4 heteroatoms. The average Bonchev–Trinajstić information content (AvgIpc) is 2.12. The van der Waals surface area contributed by atoms with E-state index in [0.29, 0.717) is 6.67 Å². The normalized spacial score (nSPS) is 21.8. The SMILES string of the molecule is CN(C)C[N+]1([O-])CCCC1.Cl. The summed E-state index contributed by atoms with van der Waals surface area (Å²) in [6, 6.07) is 0. The van der Waals surface area contributed by atoms with E-state index in [0.717, 1.165) is 25.9 Å². The zero-order valence-corrected chi connectivity index (χ0v) is 8.06. The van der Waals surface area contributed by atoms with Gasteiger partial charge in [-0.1, -0.05) is 0 Å². The molecule has 1 heterocycles. The summed E-state index contributed by atoms with van der Waals surface area (Å²) in [4.78, 5) is 1.97. The van der Waals surface area contributed by atoms with Crippen LogP contribution in [0.3, 0.4) is 0 Å². The van der Waals surface area contributed by atoms with E-state index in [1.807, 2.05) is 19.0 Å². The molecule has 0 aromatic carbocycles. The van der Waals surface area contributed by atoms with Crippen molar-refractivity contribution in [3.8, 4) is 0 Å². The van der Waals surface area contributed by atoms with Crippen LogP contribution in [0.1, 0.15) is 12.8 Å². The topological polar surface area (TPSA) is 26.3 Å². The number of halogens is 1. The van der Waals surface area contributed by atoms with Gasteiger partial charge in [0.2, 0.25) is 0 Å². The molecule has 11 heavy (non-hydrogen) atoms. The Morgan fingerprint density at radius 3 is 2.09 bits per heavy atom. The Hall–Kier alpha value is 0.170. The summed E-state index contributed by atoms with van der Waals surface area (Å²) < 4.78 is 0.00694. The van der Waals surface area contributed by atoms with Gasteiger partial charge in [-0.3, -0.25) is 4.90 Å². The van der Waals surface area contributed by atoms with Crippen molar-refractivity contribution in [3.63, 3.8) is 0 Å². The third-order valence-corrected chi connectivity index (χ3v) is 1.92. The summed E-state index contributed by atoms with van der Waals surface area (Å²) >= 11 is 0. The monoisotopic (exact) mass is 180 g/mol. The molecule has 0 aliphatic carbocycles. The lowest BCUT2D eigenvalue weighted by molar-refractivity contribution is -0.878. The highest BCUT2D eigenvalue weighted by Gasteiger charge is 2.22. The molecule has 1 aliphatic rings. The molecular weight excluding hydrogens is 164 g/mol. The minimum absolute atomic E-state index is 0. The largest absolute Gasteiger partial charge is 0.632 e. The molecule has 0 spiro atoms. The van der Waals surface area contributed by atoms with Crippen LogP contribution in [0.25, 0.3) is 0 Å². The molecule has 0 bridgehead atoms. The van der Waals surface area contributed by atoms with Gasteiger partial charge in [0, 0.05) is 12.8 Å². The van der Waals surface area contributed by atoms with Crippen LogP contribution >= 0.6 is 12.4 Å². The minimum Gasteiger partial charge on any atom is -0.632 e. The summed E-state index contributed by atoms with van der Waals surface area (Å²) in [5.74, 6) is 0. The van der Waals surface area contributed by atoms with Crippen molar-refractivity contribution in [1.82, 2.24) is 4.90 Å². The van der Waals surface area contributed by atoms with Crippen LogP contribution in [-0.2, 0) is 0 Å². The molecule has 0 aromatic rings. The van der Waals surface area contributed by atoms with Gasteiger partial charge in [-0.05, 0) is 14.1 Å². The molecule has 0 amide bonds. The van der Waals surface area contributed by atoms with Crippen LogP contribution in [0, 0.1) is 5.21 Å². The number of quaternary nitrogens is 1. The van der Waals surface area contributed by atoms with Crippen molar-refractivity contribution < 1.29 is 4.65 Å². The maximum Gasteiger partial charge on any atom is 0.134 e. The molecular formula is C7H17ClN2O. The summed E-state index contributed by atoms with van der Waals surface area (Å²) in [6.07, 6.45) is 2.22. The van der Waals surface area contributed by atoms with Gasteiger partial charge in [0.25, 0.3) is 0 Å². The molecule has 68 valence electrons.